The number of carbonyl (C=O) groups is 9. The average Bonchev–Trinajstić information content (AvgIpc) is 3.35. The zero-order chi connectivity index (χ0) is 58.9. The number of hydrogen-bond donors (Lipinski definition) is 18. The van der Waals surface area contributed by atoms with E-state index in [1.807, 2.05) is 0 Å². The zero-order valence-electron chi connectivity index (χ0n) is 45.8. The van der Waals surface area contributed by atoms with Crippen molar-refractivity contribution in [1.82, 2.24) is 42.5 Å². The van der Waals surface area contributed by atoms with Gasteiger partial charge in [0.2, 0.25) is 47.3 Å². The van der Waals surface area contributed by atoms with Crippen LogP contribution in [-0.4, -0.2) is 168 Å². The molecule has 0 aromatic heterocycles. The maximum Gasteiger partial charge on any atom is 0.325 e. The Balaban J connectivity index is 6.86. The van der Waals surface area contributed by atoms with Crippen LogP contribution in [0.4, 0.5) is 0 Å². The second kappa shape index (κ2) is 37.6. The summed E-state index contributed by atoms with van der Waals surface area (Å²) in [5.41, 5.74) is 44.7. The van der Waals surface area contributed by atoms with Gasteiger partial charge in [-0.15, -0.1) is 0 Å². The fourth-order valence-corrected chi connectivity index (χ4v) is 7.32. The number of rotatable bonds is 39. The number of nitrogens with two attached hydrogens (primary N) is 8. The monoisotopic (exact) mass is 1100 g/mol. The van der Waals surface area contributed by atoms with Crippen molar-refractivity contribution in [3.8, 4) is 0 Å². The van der Waals surface area contributed by atoms with Gasteiger partial charge in [0.25, 0.3) is 0 Å². The highest BCUT2D eigenvalue weighted by Gasteiger charge is 2.36. The number of unbranched alkanes of at least 4 members (excludes halogenated alkanes) is 1. The van der Waals surface area contributed by atoms with Crippen molar-refractivity contribution in [2.75, 3.05) is 32.8 Å². The maximum absolute atomic E-state index is 14.3. The molecule has 8 amide bonds. The highest BCUT2D eigenvalue weighted by molar-refractivity contribution is 5.98. The molecule has 0 aromatic carbocycles. The molecule has 10 atom stereocenters. The lowest BCUT2D eigenvalue weighted by molar-refractivity contribution is -0.142. The number of nitrogens with zero attached hydrogens (tertiary/aromatic N) is 3. The van der Waals surface area contributed by atoms with Crippen LogP contribution in [0.5, 0.6) is 0 Å². The number of carboxylic acid groups (broad SMARTS) is 1. The first kappa shape index (κ1) is 69.9. The summed E-state index contributed by atoms with van der Waals surface area (Å²) >= 11 is 0. The summed E-state index contributed by atoms with van der Waals surface area (Å²) in [4.78, 5) is 134. The number of amides is 8. The molecule has 30 nitrogen and oxygen atoms in total. The zero-order valence-corrected chi connectivity index (χ0v) is 45.8. The van der Waals surface area contributed by atoms with Crippen molar-refractivity contribution in [2.45, 2.75) is 173 Å². The standard InChI is InChI=1S/C47H91N19O11/c1-8-26(6)35(66-39(71)29(15-9-10-18-48)60-36(68)28(49)14-11-19-56-45(50)51)43(75)62-31(17-13-21-58-47(54)55)38(70)65-34(25(4)5)42(74)61-30(16-12-20-57-46(52)53)37(69)63-32(22-24(2)3)40(72)64-33(23-67)41(73)59-27(7)44(76)77/h24-35,67H,8-23,48-49H2,1-7H3,(H,59,73)(H,60,68)(H,61,74)(H,62,75)(H,63,69)(H,64,72)(H,65,70)(H,66,71)(H,76,77)(H4,50,51,56)(H4,52,53,57)(H4,54,55,58)/t26-,27-,28-,29-,30-,31-,32-,33-,34-,35-/m0/s1. The van der Waals surface area contributed by atoms with E-state index in [1.54, 1.807) is 41.5 Å². The number of hydrogen-bond acceptors (Lipinski definition) is 15. The Kier molecular flexibility index (Phi) is 34.2. The van der Waals surface area contributed by atoms with E-state index in [1.165, 1.54) is 6.92 Å². The SMILES string of the molecule is CC[C@H](C)[C@H](NC(=O)[C@H](CCCCN)NC(=O)[C@@H](N)CCCN=C(N)N)C(=O)N[C@@H](CCCN=C(N)N)C(=O)N[C@H](C(=O)N[C@@H](CCCN=C(N)N)C(=O)N[C@@H](CC(C)C)C(=O)N[C@@H](CO)C(=O)N[C@@H](C)C(=O)O)C(C)C. The molecule has 0 aliphatic heterocycles. The highest BCUT2D eigenvalue weighted by Crippen LogP contribution is 2.14. The largest absolute Gasteiger partial charge is 0.480 e. The second-order valence-electron chi connectivity index (χ2n) is 19.5. The van der Waals surface area contributed by atoms with Gasteiger partial charge in [0, 0.05) is 19.6 Å². The van der Waals surface area contributed by atoms with Gasteiger partial charge in [0.05, 0.1) is 12.6 Å². The van der Waals surface area contributed by atoms with Gasteiger partial charge < -0.3 is 98.6 Å². The Morgan fingerprint density at radius 1 is 0.468 bits per heavy atom. The first-order valence-corrected chi connectivity index (χ1v) is 26.0. The summed E-state index contributed by atoms with van der Waals surface area (Å²) in [5.74, 6) is -9.77. The van der Waals surface area contributed by atoms with Gasteiger partial charge in [-0.25, -0.2) is 0 Å². The Hall–Kier alpha value is -7.08. The van der Waals surface area contributed by atoms with Gasteiger partial charge in [-0.1, -0.05) is 48.0 Å². The number of carbonyl (C=O) groups excluding carboxylic acids is 8. The Labute approximate surface area is 450 Å². The summed E-state index contributed by atoms with van der Waals surface area (Å²) in [7, 11) is 0. The molecule has 0 rings (SSSR count). The van der Waals surface area contributed by atoms with E-state index >= 15 is 0 Å². The minimum absolute atomic E-state index is 0.0182. The van der Waals surface area contributed by atoms with Crippen LogP contribution in [0.2, 0.25) is 0 Å². The first-order chi connectivity index (χ1) is 36.1. The number of guanidine groups is 3. The summed E-state index contributed by atoms with van der Waals surface area (Å²) < 4.78 is 0. The second-order valence-corrected chi connectivity index (χ2v) is 19.5. The Bertz CT molecular complexity index is 1990. The molecule has 0 saturated heterocycles. The predicted molar refractivity (Wildman–Crippen MR) is 290 cm³/mol. The summed E-state index contributed by atoms with van der Waals surface area (Å²) in [6.07, 6.45) is 2.28. The highest BCUT2D eigenvalue weighted by atomic mass is 16.4. The number of aliphatic carboxylic acids is 1. The number of carboxylic acids is 1. The fourth-order valence-electron chi connectivity index (χ4n) is 7.32. The summed E-state index contributed by atoms with van der Waals surface area (Å²) in [6, 6.07) is -11.7. The van der Waals surface area contributed by atoms with Crippen molar-refractivity contribution in [3.63, 3.8) is 0 Å². The van der Waals surface area contributed by atoms with E-state index in [0.29, 0.717) is 32.2 Å². The molecule has 440 valence electrons. The minimum Gasteiger partial charge on any atom is -0.480 e. The van der Waals surface area contributed by atoms with Crippen molar-refractivity contribution < 1.29 is 53.4 Å². The lowest BCUT2D eigenvalue weighted by Gasteiger charge is -2.30. The predicted octanol–water partition coefficient (Wildman–Crippen LogP) is -5.67. The summed E-state index contributed by atoms with van der Waals surface area (Å²) in [6.45, 7) is 11.2. The summed E-state index contributed by atoms with van der Waals surface area (Å²) in [5, 5.41) is 39.8. The average molecular weight is 1100 g/mol. The quantitative estimate of drug-likeness (QED) is 0.0155. The normalized spacial score (nSPS) is 15.0. The van der Waals surface area contributed by atoms with Crippen molar-refractivity contribution >= 4 is 71.1 Å². The van der Waals surface area contributed by atoms with E-state index in [2.05, 4.69) is 57.5 Å². The number of nitrogens with one attached hydrogen (secondary N) is 8. The maximum atomic E-state index is 14.3. The van der Waals surface area contributed by atoms with Gasteiger partial charge in [-0.05, 0) is 95.4 Å². The smallest absolute Gasteiger partial charge is 0.325 e. The molecular formula is C47H91N19O11. The van der Waals surface area contributed by atoms with Crippen LogP contribution >= 0.6 is 0 Å². The van der Waals surface area contributed by atoms with Gasteiger partial charge in [-0.3, -0.25) is 58.1 Å². The van der Waals surface area contributed by atoms with Crippen molar-refractivity contribution in [1.29, 1.82) is 0 Å². The van der Waals surface area contributed by atoms with E-state index in [0.717, 1.165) is 0 Å². The van der Waals surface area contributed by atoms with Crippen molar-refractivity contribution in [2.24, 2.45) is 78.6 Å². The van der Waals surface area contributed by atoms with E-state index in [-0.39, 0.29) is 88.4 Å². The molecule has 0 saturated carbocycles. The Morgan fingerprint density at radius 3 is 1.26 bits per heavy atom. The van der Waals surface area contributed by atoms with Gasteiger partial charge >= 0.3 is 5.97 Å². The lowest BCUT2D eigenvalue weighted by atomic mass is 9.96. The lowest BCUT2D eigenvalue weighted by Crippen LogP contribution is -2.61. The number of aliphatic imine (C=N–C) groups is 3. The van der Waals surface area contributed by atoms with Crippen LogP contribution in [0.1, 0.15) is 119 Å². The molecule has 0 aromatic rings. The topological polar surface area (TPSA) is 536 Å². The van der Waals surface area contributed by atoms with Crippen LogP contribution in [0, 0.1) is 17.8 Å². The fraction of sp³-hybridized carbons (Fsp3) is 0.745. The minimum atomic E-state index is -1.59. The van der Waals surface area contributed by atoms with Crippen LogP contribution in [-0.2, 0) is 43.2 Å². The first-order valence-electron chi connectivity index (χ1n) is 26.0. The molecule has 0 bridgehead atoms. The van der Waals surface area contributed by atoms with E-state index < -0.39 is 126 Å². The molecule has 0 radical (unpaired) electrons. The number of aliphatic hydroxyl groups is 1. The van der Waals surface area contributed by atoms with Crippen LogP contribution in [0.3, 0.4) is 0 Å². The molecule has 0 aliphatic carbocycles. The molecule has 30 heteroatoms. The van der Waals surface area contributed by atoms with Gasteiger partial charge in [-0.2, -0.15) is 0 Å². The molecular weight excluding hydrogens is 1010 g/mol. The third-order valence-corrected chi connectivity index (χ3v) is 12.0. The van der Waals surface area contributed by atoms with E-state index in [4.69, 9.17) is 45.9 Å². The molecule has 0 unspecified atom stereocenters. The molecule has 0 spiro atoms. The molecule has 0 heterocycles. The third kappa shape index (κ3) is 29.1. The third-order valence-electron chi connectivity index (χ3n) is 12.0. The molecule has 0 fully saturated rings. The van der Waals surface area contributed by atoms with Gasteiger partial charge in [0.1, 0.15) is 48.3 Å². The molecule has 0 aliphatic rings. The Morgan fingerprint density at radius 2 is 0.844 bits per heavy atom. The van der Waals surface area contributed by atoms with Gasteiger partial charge in [0.15, 0.2) is 17.9 Å². The number of aliphatic hydroxyl groups excluding tert-OH is 1. The van der Waals surface area contributed by atoms with Crippen LogP contribution < -0.4 is 88.4 Å². The molecule has 77 heavy (non-hydrogen) atoms. The van der Waals surface area contributed by atoms with Crippen molar-refractivity contribution in [3.05, 3.63) is 0 Å². The molecule has 26 N–H and O–H groups in total. The van der Waals surface area contributed by atoms with Crippen LogP contribution in [0.15, 0.2) is 15.0 Å². The van der Waals surface area contributed by atoms with E-state index in [9.17, 15) is 53.4 Å². The van der Waals surface area contributed by atoms with Crippen LogP contribution in [0.25, 0.3) is 0 Å².